The number of hydrogen-bond acceptors (Lipinski definition) is 6. The maximum Gasteiger partial charge on any atom is 0.135 e. The number of anilines is 1. The molecule has 1 N–H and O–H groups in total. The number of hydrogen-bond donors (Lipinski definition) is 1. The number of fused-ring (bicyclic) bond motifs is 1. The molecule has 0 aromatic carbocycles. The molecule has 0 spiro atoms. The van der Waals surface area contributed by atoms with Crippen molar-refractivity contribution in [3.63, 3.8) is 0 Å². The predicted octanol–water partition coefficient (Wildman–Crippen LogP) is 2.49. The molecule has 3 aliphatic rings. The fourth-order valence-corrected chi connectivity index (χ4v) is 4.44. The van der Waals surface area contributed by atoms with Crippen LogP contribution in [0.1, 0.15) is 48.4 Å². The Morgan fingerprint density at radius 3 is 2.79 bits per heavy atom. The van der Waals surface area contributed by atoms with Gasteiger partial charge in [0.05, 0.1) is 24.5 Å². The van der Waals surface area contributed by atoms with Gasteiger partial charge in [0.15, 0.2) is 0 Å². The summed E-state index contributed by atoms with van der Waals surface area (Å²) < 4.78 is 7.63. The highest BCUT2D eigenvalue weighted by atomic mass is 16.5. The van der Waals surface area contributed by atoms with Crippen molar-refractivity contribution in [2.45, 2.75) is 44.3 Å². The van der Waals surface area contributed by atoms with Crippen LogP contribution in [0.15, 0.2) is 29.6 Å². The largest absolute Gasteiger partial charge is 0.381 e. The lowest BCUT2D eigenvalue weighted by Crippen LogP contribution is -2.31. The van der Waals surface area contributed by atoms with Gasteiger partial charge in [0, 0.05) is 42.8 Å². The van der Waals surface area contributed by atoms with Crippen LogP contribution in [0.5, 0.6) is 0 Å². The third-order valence-electron chi connectivity index (χ3n) is 6.18. The summed E-state index contributed by atoms with van der Waals surface area (Å²) in [7, 11) is 2.19. The van der Waals surface area contributed by atoms with Crippen LogP contribution in [-0.2, 0) is 11.3 Å². The van der Waals surface area contributed by atoms with Crippen molar-refractivity contribution in [3.05, 3.63) is 41.3 Å². The van der Waals surface area contributed by atoms with Gasteiger partial charge in [-0.25, -0.2) is 4.98 Å². The van der Waals surface area contributed by atoms with E-state index >= 15 is 0 Å². The van der Waals surface area contributed by atoms with Gasteiger partial charge in [-0.3, -0.25) is 9.67 Å². The van der Waals surface area contributed by atoms with Gasteiger partial charge in [-0.1, -0.05) is 0 Å². The standard InChI is InChI=1S/C21H28N6O/c1-26-8-3-18(4-9-26)27-14-16(13-24-27)20-19-15(12-23-20)2-7-22-21(19)25-17-5-10-28-11-6-17/h2,7,13-14,17-18H,3-6,8-12H2,1H3,(H,22,25). The second kappa shape index (κ2) is 7.64. The molecular formula is C21H28N6O. The highest BCUT2D eigenvalue weighted by molar-refractivity contribution is 6.17. The van der Waals surface area contributed by atoms with Gasteiger partial charge in [0.2, 0.25) is 0 Å². The number of aromatic nitrogens is 3. The minimum absolute atomic E-state index is 0.413. The Kier molecular flexibility index (Phi) is 4.86. The van der Waals surface area contributed by atoms with Gasteiger partial charge in [-0.05, 0) is 57.5 Å². The molecule has 28 heavy (non-hydrogen) atoms. The van der Waals surface area contributed by atoms with Crippen LogP contribution >= 0.6 is 0 Å². The van der Waals surface area contributed by atoms with Crippen molar-refractivity contribution in [1.29, 1.82) is 0 Å². The zero-order chi connectivity index (χ0) is 18.9. The summed E-state index contributed by atoms with van der Waals surface area (Å²) in [5, 5.41) is 8.34. The van der Waals surface area contributed by atoms with Crippen LogP contribution < -0.4 is 5.32 Å². The summed E-state index contributed by atoms with van der Waals surface area (Å²) in [4.78, 5) is 11.9. The number of ether oxygens (including phenoxy) is 1. The van der Waals surface area contributed by atoms with E-state index in [4.69, 9.17) is 9.73 Å². The Labute approximate surface area is 165 Å². The van der Waals surface area contributed by atoms with E-state index in [1.54, 1.807) is 0 Å². The fraction of sp³-hybridized carbons (Fsp3) is 0.571. The highest BCUT2D eigenvalue weighted by Gasteiger charge is 2.26. The molecule has 0 radical (unpaired) electrons. The predicted molar refractivity (Wildman–Crippen MR) is 109 cm³/mol. The topological polar surface area (TPSA) is 67.6 Å². The third-order valence-corrected chi connectivity index (χ3v) is 6.18. The number of pyridine rings is 1. The van der Waals surface area contributed by atoms with Crippen molar-refractivity contribution < 1.29 is 4.74 Å². The summed E-state index contributed by atoms with van der Waals surface area (Å²) in [5.74, 6) is 0.952. The zero-order valence-corrected chi connectivity index (χ0v) is 16.5. The van der Waals surface area contributed by atoms with E-state index in [1.807, 2.05) is 12.4 Å². The Bertz CT molecular complexity index is 862. The molecule has 3 aliphatic heterocycles. The summed E-state index contributed by atoms with van der Waals surface area (Å²) in [5.41, 5.74) is 4.51. The molecule has 0 saturated carbocycles. The normalized spacial score (nSPS) is 21.5. The third kappa shape index (κ3) is 3.44. The van der Waals surface area contributed by atoms with E-state index in [9.17, 15) is 0 Å². The molecule has 5 rings (SSSR count). The average Bonchev–Trinajstić information content (AvgIpc) is 3.37. The van der Waals surface area contributed by atoms with Crippen LogP contribution in [0.25, 0.3) is 0 Å². The minimum Gasteiger partial charge on any atom is -0.381 e. The fourth-order valence-electron chi connectivity index (χ4n) is 4.44. The molecule has 0 bridgehead atoms. The van der Waals surface area contributed by atoms with Gasteiger partial charge < -0.3 is 15.0 Å². The van der Waals surface area contributed by atoms with Crippen LogP contribution in [0, 0.1) is 0 Å². The zero-order valence-electron chi connectivity index (χ0n) is 16.5. The van der Waals surface area contributed by atoms with Gasteiger partial charge >= 0.3 is 0 Å². The van der Waals surface area contributed by atoms with E-state index in [2.05, 4.69) is 44.3 Å². The van der Waals surface area contributed by atoms with Crippen molar-refractivity contribution in [3.8, 4) is 0 Å². The Balaban J connectivity index is 1.39. The van der Waals surface area contributed by atoms with Gasteiger partial charge in [0.25, 0.3) is 0 Å². The molecule has 0 atom stereocenters. The maximum atomic E-state index is 5.49. The number of piperidine rings is 1. The van der Waals surface area contributed by atoms with Crippen molar-refractivity contribution in [2.24, 2.45) is 4.99 Å². The number of rotatable bonds is 4. The number of likely N-dealkylation sites (tertiary alicyclic amines) is 1. The smallest absolute Gasteiger partial charge is 0.135 e. The van der Waals surface area contributed by atoms with E-state index in [-0.39, 0.29) is 0 Å². The Morgan fingerprint density at radius 2 is 1.96 bits per heavy atom. The first-order valence-electron chi connectivity index (χ1n) is 10.4. The van der Waals surface area contributed by atoms with Crippen LogP contribution in [0.2, 0.25) is 0 Å². The first-order valence-corrected chi connectivity index (χ1v) is 10.4. The lowest BCUT2D eigenvalue weighted by Gasteiger charge is -2.28. The molecule has 5 heterocycles. The van der Waals surface area contributed by atoms with Crippen LogP contribution in [0.4, 0.5) is 5.82 Å². The average molecular weight is 380 g/mol. The molecule has 0 unspecified atom stereocenters. The minimum atomic E-state index is 0.413. The Morgan fingerprint density at radius 1 is 1.14 bits per heavy atom. The number of nitrogens with zero attached hydrogens (tertiary/aromatic N) is 5. The molecule has 148 valence electrons. The lowest BCUT2D eigenvalue weighted by molar-refractivity contribution is 0.0904. The molecule has 2 fully saturated rings. The molecule has 2 aromatic heterocycles. The quantitative estimate of drug-likeness (QED) is 0.883. The second-order valence-corrected chi connectivity index (χ2v) is 8.13. The monoisotopic (exact) mass is 380 g/mol. The summed E-state index contributed by atoms with van der Waals surface area (Å²) >= 11 is 0. The second-order valence-electron chi connectivity index (χ2n) is 8.13. The van der Waals surface area contributed by atoms with E-state index in [1.165, 1.54) is 5.56 Å². The van der Waals surface area contributed by atoms with Crippen molar-refractivity contribution >= 4 is 11.5 Å². The first-order chi connectivity index (χ1) is 13.8. The molecular weight excluding hydrogens is 352 g/mol. The molecule has 2 aromatic rings. The number of nitrogens with one attached hydrogen (secondary N) is 1. The van der Waals surface area contributed by atoms with Gasteiger partial charge in [-0.2, -0.15) is 5.10 Å². The van der Waals surface area contributed by atoms with Crippen molar-refractivity contribution in [1.82, 2.24) is 19.7 Å². The van der Waals surface area contributed by atoms with Crippen LogP contribution in [-0.4, -0.2) is 64.8 Å². The Hall–Kier alpha value is -2.25. The van der Waals surface area contributed by atoms with Gasteiger partial charge in [-0.15, -0.1) is 0 Å². The van der Waals surface area contributed by atoms with Crippen molar-refractivity contribution in [2.75, 3.05) is 38.7 Å². The first kappa shape index (κ1) is 17.8. The summed E-state index contributed by atoms with van der Waals surface area (Å²) in [6, 6.07) is 2.99. The molecule has 2 saturated heterocycles. The summed E-state index contributed by atoms with van der Waals surface area (Å²) in [6.07, 6.45) is 10.4. The van der Waals surface area contributed by atoms with E-state index < -0.39 is 0 Å². The SMILES string of the molecule is CN1CCC(n2cc(C3=NCc4ccnc(NC5CCOCC5)c43)cn2)CC1. The van der Waals surface area contributed by atoms with Gasteiger partial charge in [0.1, 0.15) is 5.82 Å². The highest BCUT2D eigenvalue weighted by Crippen LogP contribution is 2.30. The maximum absolute atomic E-state index is 5.49. The van der Waals surface area contributed by atoms with E-state index in [0.29, 0.717) is 12.1 Å². The molecule has 7 nitrogen and oxygen atoms in total. The molecule has 0 amide bonds. The molecule has 0 aliphatic carbocycles. The molecule has 7 heteroatoms. The lowest BCUT2D eigenvalue weighted by atomic mass is 10.0. The summed E-state index contributed by atoms with van der Waals surface area (Å²) in [6.45, 7) is 4.61. The van der Waals surface area contributed by atoms with Crippen LogP contribution in [0.3, 0.4) is 0 Å². The van der Waals surface area contributed by atoms with E-state index in [0.717, 1.165) is 81.2 Å². The number of aliphatic imine (C=N–C) groups is 1.